The Morgan fingerprint density at radius 1 is 1.15 bits per heavy atom. The highest BCUT2D eigenvalue weighted by molar-refractivity contribution is 5.38. The van der Waals surface area contributed by atoms with E-state index in [0.717, 1.165) is 42.3 Å². The van der Waals surface area contributed by atoms with Crippen LogP contribution < -0.4 is 5.32 Å². The van der Waals surface area contributed by atoms with Gasteiger partial charge in [-0.3, -0.25) is 4.68 Å². The maximum absolute atomic E-state index is 9.51. The highest BCUT2D eigenvalue weighted by Crippen LogP contribution is 2.36. The monoisotopic (exact) mass is 349 g/mol. The van der Waals surface area contributed by atoms with Crippen LogP contribution in [-0.4, -0.2) is 31.0 Å². The van der Waals surface area contributed by atoms with E-state index < -0.39 is 0 Å². The van der Waals surface area contributed by atoms with E-state index >= 15 is 0 Å². The van der Waals surface area contributed by atoms with Crippen LogP contribution >= 0.6 is 0 Å². The summed E-state index contributed by atoms with van der Waals surface area (Å²) in [7, 11) is 0. The van der Waals surface area contributed by atoms with Gasteiger partial charge in [-0.05, 0) is 25.3 Å². The lowest BCUT2D eigenvalue weighted by Gasteiger charge is -2.31. The van der Waals surface area contributed by atoms with Crippen molar-refractivity contribution in [3.05, 3.63) is 71.4 Å². The molecule has 0 aliphatic heterocycles. The van der Waals surface area contributed by atoms with Crippen LogP contribution in [0.2, 0.25) is 0 Å². The molecule has 0 saturated heterocycles. The predicted octanol–water partition coefficient (Wildman–Crippen LogP) is 2.88. The number of hydrogen-bond acceptors (Lipinski definition) is 5. The fourth-order valence-electron chi connectivity index (χ4n) is 3.27. The van der Waals surface area contributed by atoms with E-state index in [1.165, 1.54) is 5.56 Å². The molecular formula is C20H23N5O. The minimum atomic E-state index is -0.179. The van der Waals surface area contributed by atoms with Crippen molar-refractivity contribution in [1.29, 1.82) is 0 Å². The molecule has 1 saturated carbocycles. The van der Waals surface area contributed by atoms with Crippen molar-refractivity contribution < 1.29 is 5.11 Å². The molecule has 26 heavy (non-hydrogen) atoms. The molecule has 1 fully saturated rings. The lowest BCUT2D eigenvalue weighted by Crippen LogP contribution is -2.27. The SMILES string of the molecule is Cc1nc(NCc2cnn(Cc3ccccc3)c2)cc(C2CC(O)C2)n1. The van der Waals surface area contributed by atoms with Crippen molar-refractivity contribution in [1.82, 2.24) is 19.7 Å². The molecule has 1 aliphatic rings. The summed E-state index contributed by atoms with van der Waals surface area (Å²) in [4.78, 5) is 8.99. The minimum Gasteiger partial charge on any atom is -0.393 e. The fraction of sp³-hybridized carbons (Fsp3) is 0.350. The second kappa shape index (κ2) is 7.25. The van der Waals surface area contributed by atoms with Gasteiger partial charge < -0.3 is 10.4 Å². The van der Waals surface area contributed by atoms with Crippen LogP contribution in [0.15, 0.2) is 48.8 Å². The van der Waals surface area contributed by atoms with Crippen LogP contribution in [0.4, 0.5) is 5.82 Å². The van der Waals surface area contributed by atoms with Crippen molar-refractivity contribution in [2.24, 2.45) is 0 Å². The number of hydrogen-bond donors (Lipinski definition) is 2. The Morgan fingerprint density at radius 3 is 2.73 bits per heavy atom. The molecule has 4 rings (SSSR count). The van der Waals surface area contributed by atoms with Gasteiger partial charge in [0.2, 0.25) is 0 Å². The Labute approximate surface area is 152 Å². The number of nitrogens with one attached hydrogen (secondary N) is 1. The molecule has 2 heterocycles. The molecule has 0 amide bonds. The summed E-state index contributed by atoms with van der Waals surface area (Å²) in [5, 5.41) is 17.3. The molecule has 0 spiro atoms. The van der Waals surface area contributed by atoms with Gasteiger partial charge in [0.05, 0.1) is 18.8 Å². The Kier molecular flexibility index (Phi) is 4.67. The molecule has 2 N–H and O–H groups in total. The summed E-state index contributed by atoms with van der Waals surface area (Å²) in [6.45, 7) is 3.33. The van der Waals surface area contributed by atoms with E-state index in [2.05, 4.69) is 38.7 Å². The number of nitrogens with zero attached hydrogens (tertiary/aromatic N) is 4. The van der Waals surface area contributed by atoms with Crippen molar-refractivity contribution in [3.63, 3.8) is 0 Å². The Bertz CT molecular complexity index is 871. The Balaban J connectivity index is 1.38. The Hall–Kier alpha value is -2.73. The maximum atomic E-state index is 9.51. The predicted molar refractivity (Wildman–Crippen MR) is 99.8 cm³/mol. The number of rotatable bonds is 6. The highest BCUT2D eigenvalue weighted by atomic mass is 16.3. The van der Waals surface area contributed by atoms with Crippen molar-refractivity contribution in [3.8, 4) is 0 Å². The molecule has 1 aromatic carbocycles. The van der Waals surface area contributed by atoms with Gasteiger partial charge in [0, 0.05) is 36.0 Å². The van der Waals surface area contributed by atoms with E-state index in [1.807, 2.05) is 42.1 Å². The van der Waals surface area contributed by atoms with E-state index in [1.54, 1.807) is 0 Å². The first kappa shape index (κ1) is 16.7. The summed E-state index contributed by atoms with van der Waals surface area (Å²) in [5.74, 6) is 1.93. The summed E-state index contributed by atoms with van der Waals surface area (Å²) in [5.41, 5.74) is 3.36. The molecule has 0 bridgehead atoms. The third kappa shape index (κ3) is 3.91. The topological polar surface area (TPSA) is 75.9 Å². The first-order valence-corrected chi connectivity index (χ1v) is 8.98. The minimum absolute atomic E-state index is 0.179. The van der Waals surface area contributed by atoms with Gasteiger partial charge in [-0.15, -0.1) is 0 Å². The molecule has 2 aromatic heterocycles. The number of aliphatic hydroxyl groups is 1. The molecule has 6 heteroatoms. The van der Waals surface area contributed by atoms with E-state index in [0.29, 0.717) is 12.5 Å². The maximum Gasteiger partial charge on any atom is 0.130 e. The summed E-state index contributed by atoms with van der Waals surface area (Å²) < 4.78 is 1.94. The number of aliphatic hydroxyl groups excluding tert-OH is 1. The van der Waals surface area contributed by atoms with Gasteiger partial charge >= 0.3 is 0 Å². The second-order valence-corrected chi connectivity index (χ2v) is 6.93. The van der Waals surface area contributed by atoms with Gasteiger partial charge in [0.25, 0.3) is 0 Å². The number of anilines is 1. The molecule has 1 aliphatic carbocycles. The second-order valence-electron chi connectivity index (χ2n) is 6.93. The Morgan fingerprint density at radius 2 is 1.96 bits per heavy atom. The third-order valence-electron chi connectivity index (χ3n) is 4.74. The third-order valence-corrected chi connectivity index (χ3v) is 4.74. The standard InChI is InChI=1S/C20H23N5O/c1-14-23-19(17-7-18(26)8-17)9-20(24-14)21-10-16-11-22-25(13-16)12-15-5-3-2-4-6-15/h2-6,9,11,13,17-18,26H,7-8,10,12H2,1H3,(H,21,23,24). The molecule has 3 aromatic rings. The number of benzene rings is 1. The van der Waals surface area contributed by atoms with Crippen LogP contribution in [0.5, 0.6) is 0 Å². The van der Waals surface area contributed by atoms with Crippen LogP contribution in [0, 0.1) is 6.92 Å². The van der Waals surface area contributed by atoms with Gasteiger partial charge in [-0.2, -0.15) is 5.10 Å². The molecule has 6 nitrogen and oxygen atoms in total. The molecule has 0 radical (unpaired) electrons. The zero-order chi connectivity index (χ0) is 17.9. The average molecular weight is 349 g/mol. The lowest BCUT2D eigenvalue weighted by molar-refractivity contribution is 0.0731. The van der Waals surface area contributed by atoms with Crippen LogP contribution in [0.1, 0.15) is 41.4 Å². The van der Waals surface area contributed by atoms with Gasteiger partial charge in [0.15, 0.2) is 0 Å². The summed E-state index contributed by atoms with van der Waals surface area (Å²) >= 11 is 0. The normalized spacial score (nSPS) is 19.2. The van der Waals surface area contributed by atoms with E-state index in [4.69, 9.17) is 0 Å². The lowest BCUT2D eigenvalue weighted by atomic mass is 9.80. The first-order chi connectivity index (χ1) is 12.7. The van der Waals surface area contributed by atoms with Gasteiger partial charge in [-0.1, -0.05) is 30.3 Å². The van der Waals surface area contributed by atoms with Crippen LogP contribution in [-0.2, 0) is 13.1 Å². The summed E-state index contributed by atoms with van der Waals surface area (Å²) in [6, 6.07) is 12.3. The van der Waals surface area contributed by atoms with Crippen LogP contribution in [0.25, 0.3) is 0 Å². The largest absolute Gasteiger partial charge is 0.393 e. The van der Waals surface area contributed by atoms with Gasteiger partial charge in [0.1, 0.15) is 11.6 Å². The smallest absolute Gasteiger partial charge is 0.130 e. The zero-order valence-corrected chi connectivity index (χ0v) is 14.8. The van der Waals surface area contributed by atoms with Gasteiger partial charge in [-0.25, -0.2) is 9.97 Å². The van der Waals surface area contributed by atoms with E-state index in [9.17, 15) is 5.11 Å². The first-order valence-electron chi connectivity index (χ1n) is 8.98. The highest BCUT2D eigenvalue weighted by Gasteiger charge is 2.30. The quantitative estimate of drug-likeness (QED) is 0.716. The van der Waals surface area contributed by atoms with Crippen LogP contribution in [0.3, 0.4) is 0 Å². The fourth-order valence-corrected chi connectivity index (χ4v) is 3.27. The average Bonchev–Trinajstić information content (AvgIpc) is 3.05. The molecule has 134 valence electrons. The summed E-state index contributed by atoms with van der Waals surface area (Å²) in [6.07, 6.45) is 5.34. The molecular weight excluding hydrogens is 326 g/mol. The zero-order valence-electron chi connectivity index (χ0n) is 14.8. The molecule has 0 unspecified atom stereocenters. The van der Waals surface area contributed by atoms with E-state index in [-0.39, 0.29) is 6.10 Å². The molecule has 0 atom stereocenters. The van der Waals surface area contributed by atoms with Crippen molar-refractivity contribution in [2.75, 3.05) is 5.32 Å². The van der Waals surface area contributed by atoms with Crippen molar-refractivity contribution >= 4 is 5.82 Å². The number of aryl methyl sites for hydroxylation is 1. The number of aromatic nitrogens is 4. The van der Waals surface area contributed by atoms with Crippen molar-refractivity contribution in [2.45, 2.75) is 44.9 Å².